The number of sulfone groups is 1. The first kappa shape index (κ1) is 25.9. The molecule has 0 spiro atoms. The van der Waals surface area contributed by atoms with Crippen molar-refractivity contribution in [2.75, 3.05) is 11.6 Å². The van der Waals surface area contributed by atoms with Gasteiger partial charge >= 0.3 is 0 Å². The molecule has 0 bridgehead atoms. The van der Waals surface area contributed by atoms with Crippen LogP contribution in [0.25, 0.3) is 22.3 Å². The van der Waals surface area contributed by atoms with E-state index in [2.05, 4.69) is 30.7 Å². The van der Waals surface area contributed by atoms with Crippen LogP contribution in [0.3, 0.4) is 0 Å². The van der Waals surface area contributed by atoms with E-state index in [0.717, 1.165) is 17.5 Å². The van der Waals surface area contributed by atoms with Crippen LogP contribution in [0.1, 0.15) is 23.0 Å². The lowest BCUT2D eigenvalue weighted by atomic mass is 10.2. The number of pyridine rings is 4. The Labute approximate surface area is 224 Å². The van der Waals surface area contributed by atoms with Crippen molar-refractivity contribution in [3.8, 4) is 11.4 Å². The highest BCUT2D eigenvalue weighted by molar-refractivity contribution is 7.90. The van der Waals surface area contributed by atoms with E-state index in [0.29, 0.717) is 29.1 Å². The Morgan fingerprint density at radius 2 is 1.87 bits per heavy atom. The van der Waals surface area contributed by atoms with Gasteiger partial charge in [0.2, 0.25) is 0 Å². The van der Waals surface area contributed by atoms with Crippen LogP contribution in [-0.4, -0.2) is 61.3 Å². The second-order valence-corrected chi connectivity index (χ2v) is 11.0. The van der Waals surface area contributed by atoms with E-state index in [1.165, 1.54) is 24.8 Å². The van der Waals surface area contributed by atoms with Gasteiger partial charge in [-0.15, -0.1) is 0 Å². The van der Waals surface area contributed by atoms with Gasteiger partial charge in [-0.1, -0.05) is 6.07 Å². The summed E-state index contributed by atoms with van der Waals surface area (Å²) in [5.41, 5.74) is 2.85. The van der Waals surface area contributed by atoms with Gasteiger partial charge in [0.25, 0.3) is 5.91 Å². The maximum Gasteiger partial charge on any atom is 0.253 e. The van der Waals surface area contributed by atoms with Crippen molar-refractivity contribution in [3.63, 3.8) is 0 Å². The van der Waals surface area contributed by atoms with E-state index in [9.17, 15) is 13.2 Å². The Balaban J connectivity index is 1.29. The molecule has 5 rings (SSSR count). The number of hydrogen-bond donors (Lipinski definition) is 2. The minimum absolute atomic E-state index is 0.0201. The summed E-state index contributed by atoms with van der Waals surface area (Å²) in [7, 11) is -3.47. The summed E-state index contributed by atoms with van der Waals surface area (Å²) in [4.78, 5) is 34.3. The van der Waals surface area contributed by atoms with Crippen molar-refractivity contribution >= 4 is 32.5 Å². The van der Waals surface area contributed by atoms with Gasteiger partial charge in [0, 0.05) is 36.3 Å². The van der Waals surface area contributed by atoms with Crippen LogP contribution in [0, 0.1) is 0 Å². The molecular weight excluding hydrogens is 518 g/mol. The number of rotatable bonds is 9. The first-order valence-corrected chi connectivity index (χ1v) is 13.9. The maximum atomic E-state index is 12.6. The molecule has 5 aromatic heterocycles. The van der Waals surface area contributed by atoms with Crippen LogP contribution in [0.5, 0.6) is 0 Å². The number of nitrogens with one attached hydrogen (secondary N) is 2. The number of fused-ring (bicyclic) bond motifs is 1. The zero-order chi connectivity index (χ0) is 27.4. The molecule has 0 saturated carbocycles. The van der Waals surface area contributed by atoms with E-state index in [4.69, 9.17) is 9.97 Å². The van der Waals surface area contributed by atoms with Gasteiger partial charge in [-0.3, -0.25) is 19.4 Å². The fourth-order valence-corrected chi connectivity index (χ4v) is 4.47. The van der Waals surface area contributed by atoms with Crippen molar-refractivity contribution in [2.45, 2.75) is 31.0 Å². The normalized spacial score (nSPS) is 12.3. The Morgan fingerprint density at radius 1 is 1.03 bits per heavy atom. The molecule has 0 saturated heterocycles. The number of hydrogen-bond acceptors (Lipinski definition) is 10. The zero-order valence-electron chi connectivity index (χ0n) is 21.2. The molecule has 0 aliphatic heterocycles. The number of nitrogens with zero attached hydrogens (tertiary/aromatic N) is 7. The van der Waals surface area contributed by atoms with Gasteiger partial charge in [-0.05, 0) is 43.3 Å². The molecule has 198 valence electrons. The average molecular weight is 544 g/mol. The first-order valence-electron chi connectivity index (χ1n) is 12.0. The number of amides is 1. The summed E-state index contributed by atoms with van der Waals surface area (Å²) in [5, 5.41) is 11.1. The molecular formula is C26H25N9O3S. The minimum atomic E-state index is -3.47. The van der Waals surface area contributed by atoms with Gasteiger partial charge in [0.15, 0.2) is 9.84 Å². The minimum Gasteiger partial charge on any atom is -0.366 e. The van der Waals surface area contributed by atoms with Gasteiger partial charge in [0.05, 0.1) is 46.1 Å². The largest absolute Gasteiger partial charge is 0.366 e. The van der Waals surface area contributed by atoms with Crippen molar-refractivity contribution in [1.29, 1.82) is 0 Å². The molecule has 5 aromatic rings. The number of anilines is 1. The van der Waals surface area contributed by atoms with Crippen LogP contribution in [-0.2, 0) is 22.9 Å². The van der Waals surface area contributed by atoms with Crippen LogP contribution in [0.2, 0.25) is 0 Å². The first-order chi connectivity index (χ1) is 18.7. The number of aromatic nitrogens is 7. The van der Waals surface area contributed by atoms with Crippen molar-refractivity contribution in [2.24, 2.45) is 0 Å². The van der Waals surface area contributed by atoms with Crippen molar-refractivity contribution in [3.05, 3.63) is 85.0 Å². The fourth-order valence-electron chi connectivity index (χ4n) is 3.88. The van der Waals surface area contributed by atoms with E-state index < -0.39 is 15.7 Å². The summed E-state index contributed by atoms with van der Waals surface area (Å²) < 4.78 is 25.3. The quantitative estimate of drug-likeness (QED) is 0.283. The Morgan fingerprint density at radius 3 is 2.67 bits per heavy atom. The molecule has 1 amide bonds. The predicted molar refractivity (Wildman–Crippen MR) is 144 cm³/mol. The van der Waals surface area contributed by atoms with Gasteiger partial charge in [-0.25, -0.2) is 23.4 Å². The third kappa shape index (κ3) is 6.38. The van der Waals surface area contributed by atoms with E-state index in [-0.39, 0.29) is 23.0 Å². The standard InChI is InChI=1S/C26H25N9O3S/c1-17(14-35-16-28-15-31-35)32-25-5-3-4-22(34-25)23-7-6-18-11-29-20(9-24(18)33-23)12-30-26(36)19-8-21(13-27-10-19)39(2,37)38/h3-11,13,15-17H,12,14H2,1-2H3,(H,30,36)(H,32,34). The maximum absolute atomic E-state index is 12.6. The summed E-state index contributed by atoms with van der Waals surface area (Å²) in [5.74, 6) is 0.262. The van der Waals surface area contributed by atoms with Gasteiger partial charge in [0.1, 0.15) is 18.5 Å². The molecule has 12 nitrogen and oxygen atoms in total. The molecule has 5 heterocycles. The van der Waals surface area contributed by atoms with Crippen molar-refractivity contribution < 1.29 is 13.2 Å². The van der Waals surface area contributed by atoms with E-state index in [1.807, 2.05) is 37.3 Å². The van der Waals surface area contributed by atoms with Gasteiger partial charge in [-0.2, -0.15) is 5.10 Å². The highest BCUT2D eigenvalue weighted by Gasteiger charge is 2.13. The molecule has 0 fully saturated rings. The van der Waals surface area contributed by atoms with Gasteiger partial charge < -0.3 is 10.6 Å². The lowest BCUT2D eigenvalue weighted by Crippen LogP contribution is -2.23. The average Bonchev–Trinajstić information content (AvgIpc) is 3.44. The number of carbonyl (C=O) groups excluding carboxylic acids is 1. The molecule has 0 aliphatic rings. The molecule has 1 unspecified atom stereocenters. The molecule has 0 radical (unpaired) electrons. The SMILES string of the molecule is CC(Cn1cncn1)Nc1cccc(-c2ccc3cnc(CNC(=O)c4cncc(S(C)(=O)=O)c4)cc3n2)n1. The molecule has 0 aliphatic carbocycles. The Bertz CT molecular complexity index is 1740. The molecule has 1 atom stereocenters. The third-order valence-corrected chi connectivity index (χ3v) is 6.88. The highest BCUT2D eigenvalue weighted by atomic mass is 32.2. The smallest absolute Gasteiger partial charge is 0.253 e. The summed E-state index contributed by atoms with van der Waals surface area (Å²) >= 11 is 0. The highest BCUT2D eigenvalue weighted by Crippen LogP contribution is 2.21. The second kappa shape index (κ2) is 10.9. The lowest BCUT2D eigenvalue weighted by Gasteiger charge is -2.15. The Kier molecular flexibility index (Phi) is 7.23. The third-order valence-electron chi connectivity index (χ3n) is 5.80. The summed E-state index contributed by atoms with van der Waals surface area (Å²) in [6, 6.07) is 12.7. The Hall–Kier alpha value is -4.78. The van der Waals surface area contributed by atoms with E-state index >= 15 is 0 Å². The topological polar surface area (TPSA) is 158 Å². The monoisotopic (exact) mass is 543 g/mol. The molecule has 0 aromatic carbocycles. The molecule has 2 N–H and O–H groups in total. The molecule has 39 heavy (non-hydrogen) atoms. The van der Waals surface area contributed by atoms with Crippen LogP contribution < -0.4 is 10.6 Å². The zero-order valence-corrected chi connectivity index (χ0v) is 22.0. The predicted octanol–water partition coefficient (Wildman–Crippen LogP) is 2.51. The van der Waals surface area contributed by atoms with E-state index in [1.54, 1.807) is 23.3 Å². The van der Waals surface area contributed by atoms with Crippen LogP contribution >= 0.6 is 0 Å². The second-order valence-electron chi connectivity index (χ2n) is 9.00. The van der Waals surface area contributed by atoms with Crippen LogP contribution in [0.15, 0.2) is 78.6 Å². The molecule has 13 heteroatoms. The van der Waals surface area contributed by atoms with Crippen molar-refractivity contribution in [1.82, 2.24) is 40.0 Å². The number of carbonyl (C=O) groups is 1. The fraction of sp³-hybridized carbons (Fsp3) is 0.192. The lowest BCUT2D eigenvalue weighted by molar-refractivity contribution is 0.0950. The summed E-state index contributed by atoms with van der Waals surface area (Å²) in [6.45, 7) is 2.81. The summed E-state index contributed by atoms with van der Waals surface area (Å²) in [6.07, 6.45) is 8.45. The van der Waals surface area contributed by atoms with Crippen LogP contribution in [0.4, 0.5) is 5.82 Å².